The van der Waals surface area contributed by atoms with Crippen molar-refractivity contribution >= 4 is 35.9 Å². The summed E-state index contributed by atoms with van der Waals surface area (Å²) < 4.78 is 13.9. The Bertz CT molecular complexity index is 1610. The van der Waals surface area contributed by atoms with Crippen molar-refractivity contribution in [3.05, 3.63) is 114 Å². The molecule has 3 atom stereocenters. The van der Waals surface area contributed by atoms with Gasteiger partial charge in [-0.15, -0.1) is 0 Å². The summed E-state index contributed by atoms with van der Waals surface area (Å²) in [7, 11) is 0. The molecule has 46 heavy (non-hydrogen) atoms. The van der Waals surface area contributed by atoms with Crippen molar-refractivity contribution in [1.82, 2.24) is 15.1 Å². The number of hydrogen-bond acceptors (Lipinski definition) is 5. The van der Waals surface area contributed by atoms with E-state index in [-0.39, 0.29) is 52.7 Å². The second-order valence-electron chi connectivity index (χ2n) is 12.4. The lowest BCUT2D eigenvalue weighted by Crippen LogP contribution is -2.57. The summed E-state index contributed by atoms with van der Waals surface area (Å²) in [6, 6.07) is 30.2. The molecule has 0 bridgehead atoms. The number of anilines is 1. The minimum absolute atomic E-state index is 0. The van der Waals surface area contributed by atoms with Gasteiger partial charge in [0.05, 0.1) is 12.8 Å². The molecule has 246 valence electrons. The SMILES string of the molecule is C.C.C[C@@H](NC[C@@H](O)CN1CN(c2ccc(F)cc2)C2(CCN([C@H]3Cc4cccc5cccc3c45)CC2)C1=O)c1ccccc1.S. The molecule has 6 nitrogen and oxygen atoms in total. The zero-order chi connectivity index (χ0) is 29.6. The molecule has 2 aliphatic heterocycles. The van der Waals surface area contributed by atoms with Crippen LogP contribution in [0.5, 0.6) is 0 Å². The van der Waals surface area contributed by atoms with E-state index in [1.54, 1.807) is 17.0 Å². The number of nitrogens with zero attached hydrogens (tertiary/aromatic N) is 3. The van der Waals surface area contributed by atoms with Crippen LogP contribution in [0.3, 0.4) is 0 Å². The Morgan fingerprint density at radius 1 is 0.935 bits per heavy atom. The van der Waals surface area contributed by atoms with E-state index in [9.17, 15) is 14.3 Å². The summed E-state index contributed by atoms with van der Waals surface area (Å²) in [5.41, 5.74) is 4.07. The van der Waals surface area contributed by atoms with E-state index in [1.165, 1.54) is 34.0 Å². The number of aliphatic hydroxyl groups is 1. The Morgan fingerprint density at radius 3 is 2.30 bits per heavy atom. The van der Waals surface area contributed by atoms with Crippen LogP contribution >= 0.6 is 13.5 Å². The van der Waals surface area contributed by atoms with Gasteiger partial charge in [0.15, 0.2) is 0 Å². The lowest BCUT2D eigenvalue weighted by atomic mass is 9.84. The Labute approximate surface area is 280 Å². The first-order valence-corrected chi connectivity index (χ1v) is 15.5. The van der Waals surface area contributed by atoms with Crippen molar-refractivity contribution in [2.24, 2.45) is 0 Å². The van der Waals surface area contributed by atoms with Crippen molar-refractivity contribution < 1.29 is 14.3 Å². The molecule has 2 saturated heterocycles. The summed E-state index contributed by atoms with van der Waals surface area (Å²) in [5.74, 6) is -0.234. The Balaban J connectivity index is 0.00000160. The highest BCUT2D eigenvalue weighted by Gasteiger charge is 2.54. The van der Waals surface area contributed by atoms with Gasteiger partial charge in [-0.05, 0) is 77.9 Å². The topological polar surface area (TPSA) is 59.1 Å². The number of amides is 1. The summed E-state index contributed by atoms with van der Waals surface area (Å²) in [5, 5.41) is 17.1. The molecule has 4 aromatic carbocycles. The second kappa shape index (κ2) is 14.6. The van der Waals surface area contributed by atoms with Crippen LogP contribution in [0.2, 0.25) is 0 Å². The summed E-state index contributed by atoms with van der Waals surface area (Å²) in [4.78, 5) is 20.7. The van der Waals surface area contributed by atoms with Crippen LogP contribution < -0.4 is 10.2 Å². The molecule has 1 aliphatic carbocycles. The summed E-state index contributed by atoms with van der Waals surface area (Å²) >= 11 is 0. The molecular formula is C38H49FN4O2S. The fourth-order valence-corrected chi connectivity index (χ4v) is 7.59. The van der Waals surface area contributed by atoms with Gasteiger partial charge in [-0.25, -0.2) is 4.39 Å². The molecule has 7 rings (SSSR count). The average Bonchev–Trinajstić information content (AvgIpc) is 3.54. The lowest BCUT2D eigenvalue weighted by molar-refractivity contribution is -0.135. The van der Waals surface area contributed by atoms with E-state index >= 15 is 0 Å². The van der Waals surface area contributed by atoms with E-state index < -0.39 is 11.6 Å². The van der Waals surface area contributed by atoms with Crippen molar-refractivity contribution in [2.45, 2.75) is 64.8 Å². The van der Waals surface area contributed by atoms with Gasteiger partial charge >= 0.3 is 0 Å². The molecular weight excluding hydrogens is 596 g/mol. The maximum atomic E-state index is 14.2. The van der Waals surface area contributed by atoms with E-state index in [0.29, 0.717) is 32.1 Å². The molecule has 0 aromatic heterocycles. The Hall–Kier alpha value is -3.43. The normalized spacial score (nSPS) is 19.8. The Morgan fingerprint density at radius 2 is 1.61 bits per heavy atom. The quantitative estimate of drug-likeness (QED) is 0.221. The minimum Gasteiger partial charge on any atom is -0.390 e. The molecule has 0 saturated carbocycles. The highest BCUT2D eigenvalue weighted by atomic mass is 32.1. The zero-order valence-corrected chi connectivity index (χ0v) is 26.1. The monoisotopic (exact) mass is 644 g/mol. The molecule has 0 unspecified atom stereocenters. The largest absolute Gasteiger partial charge is 0.390 e. The molecule has 0 radical (unpaired) electrons. The van der Waals surface area contributed by atoms with Crippen LogP contribution in [0.4, 0.5) is 10.1 Å². The van der Waals surface area contributed by atoms with Gasteiger partial charge in [0.2, 0.25) is 5.91 Å². The van der Waals surface area contributed by atoms with E-state index in [2.05, 4.69) is 70.6 Å². The third-order valence-corrected chi connectivity index (χ3v) is 9.90. The number of piperidine rings is 1. The summed E-state index contributed by atoms with van der Waals surface area (Å²) in [6.45, 7) is 4.67. The van der Waals surface area contributed by atoms with Gasteiger partial charge in [-0.3, -0.25) is 9.69 Å². The van der Waals surface area contributed by atoms with Gasteiger partial charge in [-0.2, -0.15) is 13.5 Å². The molecule has 1 spiro atoms. The van der Waals surface area contributed by atoms with Crippen molar-refractivity contribution in [2.75, 3.05) is 37.7 Å². The predicted octanol–water partition coefficient (Wildman–Crippen LogP) is 6.81. The number of rotatable bonds is 8. The number of carbonyl (C=O) groups is 1. The van der Waals surface area contributed by atoms with Gasteiger partial charge in [0, 0.05) is 44.0 Å². The number of carbonyl (C=O) groups excluding carboxylic acids is 1. The molecule has 2 heterocycles. The first-order valence-electron chi connectivity index (χ1n) is 15.5. The number of aliphatic hydroxyl groups excluding tert-OH is 1. The van der Waals surface area contributed by atoms with Crippen LogP contribution in [0.15, 0.2) is 91.0 Å². The van der Waals surface area contributed by atoms with Crippen LogP contribution in [0.25, 0.3) is 10.8 Å². The van der Waals surface area contributed by atoms with E-state index in [1.807, 2.05) is 18.2 Å². The number of β-amino-alcohol motifs (C(OH)–C–C–N with tert-alkyl or cyclic N) is 1. The fourth-order valence-electron chi connectivity index (χ4n) is 7.59. The molecule has 8 heteroatoms. The number of nitrogens with one attached hydrogen (secondary N) is 1. The molecule has 4 aromatic rings. The standard InChI is InChI=1S/C36H39FN4O2.2CH4.H2S/c1-25(26-7-3-2-4-8-26)38-22-31(42)23-40-24-41(30-15-13-29(37)14-16-30)36(35(40)43)17-19-39(20-18-36)33-21-28-11-5-9-27-10-6-12-32(33)34(27)28;;;/h2-16,25,31,33,38,42H,17-24H2,1H3;2*1H4;1H2/t25-,31-,33+;;;/m1.../s1. The predicted molar refractivity (Wildman–Crippen MR) is 192 cm³/mol. The number of hydrogen-bond donors (Lipinski definition) is 2. The van der Waals surface area contributed by atoms with Crippen LogP contribution in [-0.4, -0.2) is 65.3 Å². The van der Waals surface area contributed by atoms with E-state index in [0.717, 1.165) is 30.8 Å². The molecule has 2 N–H and O–H groups in total. The second-order valence-corrected chi connectivity index (χ2v) is 12.4. The zero-order valence-electron chi connectivity index (χ0n) is 25.1. The minimum atomic E-state index is -0.712. The number of likely N-dealkylation sites (tertiary alicyclic amines) is 1. The maximum absolute atomic E-state index is 14.2. The molecule has 2 fully saturated rings. The smallest absolute Gasteiger partial charge is 0.250 e. The van der Waals surface area contributed by atoms with Gasteiger partial charge in [-0.1, -0.05) is 81.6 Å². The first kappa shape index (κ1) is 35.4. The fraction of sp³-hybridized carbons (Fsp3) is 0.395. The van der Waals surface area contributed by atoms with E-state index in [4.69, 9.17) is 0 Å². The molecule has 1 amide bonds. The van der Waals surface area contributed by atoms with Crippen molar-refractivity contribution in [1.29, 1.82) is 0 Å². The third-order valence-electron chi connectivity index (χ3n) is 9.90. The van der Waals surface area contributed by atoms with Crippen LogP contribution in [-0.2, 0) is 11.2 Å². The van der Waals surface area contributed by atoms with Crippen molar-refractivity contribution in [3.8, 4) is 0 Å². The average molecular weight is 645 g/mol. The van der Waals surface area contributed by atoms with Gasteiger partial charge in [0.1, 0.15) is 11.4 Å². The first-order chi connectivity index (χ1) is 20.9. The van der Waals surface area contributed by atoms with Gasteiger partial charge < -0.3 is 20.2 Å². The number of benzene rings is 4. The third kappa shape index (κ3) is 6.41. The van der Waals surface area contributed by atoms with Crippen LogP contribution in [0, 0.1) is 5.82 Å². The maximum Gasteiger partial charge on any atom is 0.250 e. The Kier molecular flexibility index (Phi) is 11.2. The van der Waals surface area contributed by atoms with Crippen LogP contribution in [0.1, 0.15) is 63.4 Å². The van der Waals surface area contributed by atoms with Gasteiger partial charge in [0.25, 0.3) is 0 Å². The summed E-state index contributed by atoms with van der Waals surface area (Å²) in [6.07, 6.45) is 1.65. The number of halogens is 1. The van der Waals surface area contributed by atoms with Crippen molar-refractivity contribution in [3.63, 3.8) is 0 Å². The highest BCUT2D eigenvalue weighted by Crippen LogP contribution is 2.45. The molecule has 3 aliphatic rings. The lowest BCUT2D eigenvalue weighted by Gasteiger charge is -2.45. The highest BCUT2D eigenvalue weighted by molar-refractivity contribution is 7.59.